The molecular formula is C23H27N5O5S. The molecule has 3 heterocycles. The predicted molar refractivity (Wildman–Crippen MR) is 127 cm³/mol. The van der Waals surface area contributed by atoms with Gasteiger partial charge in [-0.3, -0.25) is 14.2 Å². The summed E-state index contributed by atoms with van der Waals surface area (Å²) < 4.78 is 27.7. The highest BCUT2D eigenvalue weighted by atomic mass is 32.2. The van der Waals surface area contributed by atoms with Gasteiger partial charge < -0.3 is 9.88 Å². The van der Waals surface area contributed by atoms with Crippen LogP contribution in [0.1, 0.15) is 43.7 Å². The highest BCUT2D eigenvalue weighted by Crippen LogP contribution is 2.31. The molecule has 0 spiro atoms. The fourth-order valence-corrected chi connectivity index (χ4v) is 6.71. The topological polar surface area (TPSA) is 125 Å². The number of nitrogens with one attached hydrogen (secondary N) is 1. The molecule has 2 aliphatic rings. The number of carbonyl (C=O) groups is 1. The number of aromatic nitrogens is 4. The molecule has 1 unspecified atom stereocenters. The van der Waals surface area contributed by atoms with E-state index in [4.69, 9.17) is 0 Å². The molecule has 1 saturated carbocycles. The molecule has 1 aromatic carbocycles. The Hall–Kier alpha value is -3.21. The van der Waals surface area contributed by atoms with Gasteiger partial charge in [0.2, 0.25) is 5.91 Å². The van der Waals surface area contributed by atoms with Gasteiger partial charge in [-0.1, -0.05) is 43.2 Å². The number of carbonyl (C=O) groups excluding carboxylic acids is 1. The Morgan fingerprint density at radius 1 is 1.06 bits per heavy atom. The first-order chi connectivity index (χ1) is 16.3. The van der Waals surface area contributed by atoms with Crippen LogP contribution in [0.2, 0.25) is 0 Å². The average molecular weight is 486 g/mol. The Morgan fingerprint density at radius 2 is 1.79 bits per heavy atom. The summed E-state index contributed by atoms with van der Waals surface area (Å²) in [7, 11) is -3.17. The zero-order valence-electron chi connectivity index (χ0n) is 18.7. The predicted octanol–water partition coefficient (Wildman–Crippen LogP) is 0.826. The van der Waals surface area contributed by atoms with Gasteiger partial charge in [0.05, 0.1) is 24.4 Å². The van der Waals surface area contributed by atoms with Crippen molar-refractivity contribution in [3.05, 3.63) is 63.1 Å². The minimum absolute atomic E-state index is 0.0221. The monoisotopic (exact) mass is 485 g/mol. The summed E-state index contributed by atoms with van der Waals surface area (Å²) in [5.41, 5.74) is 0.324. The number of hydrogen-bond acceptors (Lipinski definition) is 6. The van der Waals surface area contributed by atoms with Gasteiger partial charge >= 0.3 is 5.69 Å². The molecule has 2 aromatic heterocycles. The van der Waals surface area contributed by atoms with Gasteiger partial charge in [0.15, 0.2) is 21.0 Å². The summed E-state index contributed by atoms with van der Waals surface area (Å²) in [4.78, 5) is 44.1. The smallest absolute Gasteiger partial charge is 0.333 e. The third-order valence-electron chi connectivity index (χ3n) is 6.74. The standard InChI is InChI=1S/C23H27N5O5S/c29-19(25-17-10-11-34(32,33)14-17)13-27-22(30)20-21(24-15-28(20)18-8-4-5-9-18)26(23(27)31)12-16-6-2-1-3-7-16/h1-3,6-7,15,17-18H,4-5,8-14H2,(H,25,29). The molecule has 1 amide bonds. The Kier molecular flexibility index (Phi) is 5.88. The lowest BCUT2D eigenvalue weighted by molar-refractivity contribution is -0.122. The first-order valence-electron chi connectivity index (χ1n) is 11.6. The van der Waals surface area contributed by atoms with E-state index >= 15 is 0 Å². The molecule has 1 aliphatic heterocycles. The van der Waals surface area contributed by atoms with Crippen LogP contribution in [0.25, 0.3) is 11.2 Å². The van der Waals surface area contributed by atoms with Crippen molar-refractivity contribution in [2.24, 2.45) is 0 Å². The normalized spacial score (nSPS) is 20.2. The maximum absolute atomic E-state index is 13.5. The second-order valence-electron chi connectivity index (χ2n) is 9.18. The van der Waals surface area contributed by atoms with Crippen LogP contribution in [0.4, 0.5) is 0 Å². The fraction of sp³-hybridized carbons (Fsp3) is 0.478. The van der Waals surface area contributed by atoms with Crippen molar-refractivity contribution in [2.45, 2.75) is 57.3 Å². The number of nitrogens with zero attached hydrogens (tertiary/aromatic N) is 4. The number of sulfone groups is 1. The van der Waals surface area contributed by atoms with Crippen LogP contribution in [0.15, 0.2) is 46.2 Å². The summed E-state index contributed by atoms with van der Waals surface area (Å²) in [6.45, 7) is -0.268. The molecule has 3 aromatic rings. The van der Waals surface area contributed by atoms with Crippen molar-refractivity contribution in [2.75, 3.05) is 11.5 Å². The van der Waals surface area contributed by atoms with Gasteiger partial charge in [-0.25, -0.2) is 22.8 Å². The summed E-state index contributed by atoms with van der Waals surface area (Å²) >= 11 is 0. The van der Waals surface area contributed by atoms with E-state index in [9.17, 15) is 22.8 Å². The molecule has 1 saturated heterocycles. The third-order valence-corrected chi connectivity index (χ3v) is 8.51. The highest BCUT2D eigenvalue weighted by Gasteiger charge is 2.30. The summed E-state index contributed by atoms with van der Waals surface area (Å²) in [5, 5.41) is 2.67. The summed E-state index contributed by atoms with van der Waals surface area (Å²) in [6.07, 6.45) is 5.94. The second kappa shape index (κ2) is 8.86. The number of imidazole rings is 1. The highest BCUT2D eigenvalue weighted by molar-refractivity contribution is 7.91. The van der Waals surface area contributed by atoms with E-state index in [1.54, 1.807) is 6.33 Å². The van der Waals surface area contributed by atoms with Gasteiger partial charge in [-0.15, -0.1) is 0 Å². The lowest BCUT2D eigenvalue weighted by Gasteiger charge is -2.16. The minimum atomic E-state index is -3.17. The van der Waals surface area contributed by atoms with Crippen LogP contribution in [-0.4, -0.2) is 50.6 Å². The van der Waals surface area contributed by atoms with E-state index in [1.165, 1.54) is 4.57 Å². The van der Waals surface area contributed by atoms with Crippen LogP contribution in [-0.2, 0) is 27.7 Å². The van der Waals surface area contributed by atoms with Gasteiger partial charge in [0.1, 0.15) is 6.54 Å². The van der Waals surface area contributed by atoms with Crippen LogP contribution >= 0.6 is 0 Å². The molecule has 1 N–H and O–H groups in total. The van der Waals surface area contributed by atoms with E-state index in [0.717, 1.165) is 35.8 Å². The van der Waals surface area contributed by atoms with Crippen molar-refractivity contribution in [3.8, 4) is 0 Å². The lowest BCUT2D eigenvalue weighted by atomic mass is 10.2. The van der Waals surface area contributed by atoms with Gasteiger partial charge in [0.25, 0.3) is 5.56 Å². The third kappa shape index (κ3) is 4.31. The summed E-state index contributed by atoms with van der Waals surface area (Å²) in [5.74, 6) is -0.660. The number of amides is 1. The lowest BCUT2D eigenvalue weighted by Crippen LogP contribution is -2.46. The number of rotatable bonds is 6. The number of hydrogen-bond donors (Lipinski definition) is 1. The molecule has 2 fully saturated rings. The SMILES string of the molecule is O=C(Cn1c(=O)c2c(ncn2C2CCCC2)n(Cc2ccccc2)c1=O)NC1CCS(=O)(=O)C1. The van der Waals surface area contributed by atoms with Crippen LogP contribution in [0.5, 0.6) is 0 Å². The van der Waals surface area contributed by atoms with E-state index in [-0.39, 0.29) is 24.1 Å². The first kappa shape index (κ1) is 22.6. The van der Waals surface area contributed by atoms with Crippen molar-refractivity contribution in [1.82, 2.24) is 24.0 Å². The first-order valence-corrected chi connectivity index (χ1v) is 13.4. The Labute approximate surface area is 196 Å². The van der Waals surface area contributed by atoms with Crippen LogP contribution in [0.3, 0.4) is 0 Å². The molecule has 0 bridgehead atoms. The molecule has 34 heavy (non-hydrogen) atoms. The maximum atomic E-state index is 13.5. The van der Waals surface area contributed by atoms with E-state index in [1.807, 2.05) is 34.9 Å². The van der Waals surface area contributed by atoms with Crippen molar-refractivity contribution >= 4 is 26.9 Å². The minimum Gasteiger partial charge on any atom is -0.351 e. The molecular weight excluding hydrogens is 458 g/mol. The largest absolute Gasteiger partial charge is 0.351 e. The van der Waals surface area contributed by atoms with E-state index < -0.39 is 39.6 Å². The molecule has 1 aliphatic carbocycles. The van der Waals surface area contributed by atoms with Crippen molar-refractivity contribution in [3.63, 3.8) is 0 Å². The molecule has 1 atom stereocenters. The van der Waals surface area contributed by atoms with Crippen molar-refractivity contribution in [1.29, 1.82) is 0 Å². The van der Waals surface area contributed by atoms with Gasteiger partial charge in [-0.2, -0.15) is 0 Å². The molecule has 180 valence electrons. The van der Waals surface area contributed by atoms with Gasteiger partial charge in [-0.05, 0) is 24.8 Å². The van der Waals surface area contributed by atoms with E-state index in [2.05, 4.69) is 10.3 Å². The van der Waals surface area contributed by atoms with Crippen LogP contribution < -0.4 is 16.6 Å². The molecule has 10 nitrogen and oxygen atoms in total. The molecule has 5 rings (SSSR count). The fourth-order valence-electron chi connectivity index (χ4n) is 5.04. The second-order valence-corrected chi connectivity index (χ2v) is 11.4. The Balaban J connectivity index is 1.56. The average Bonchev–Trinajstić information content (AvgIpc) is 3.54. The number of benzene rings is 1. The van der Waals surface area contributed by atoms with Gasteiger partial charge in [0, 0.05) is 12.1 Å². The van der Waals surface area contributed by atoms with Crippen LogP contribution in [0, 0.1) is 0 Å². The summed E-state index contributed by atoms with van der Waals surface area (Å²) in [6, 6.07) is 9.01. The zero-order valence-corrected chi connectivity index (χ0v) is 19.5. The van der Waals surface area contributed by atoms with Crippen molar-refractivity contribution < 1.29 is 13.2 Å². The maximum Gasteiger partial charge on any atom is 0.333 e. The van der Waals surface area contributed by atoms with E-state index in [0.29, 0.717) is 17.6 Å². The Morgan fingerprint density at radius 3 is 2.47 bits per heavy atom. The molecule has 0 radical (unpaired) electrons. The zero-order chi connectivity index (χ0) is 23.9. The number of fused-ring (bicyclic) bond motifs is 1. The molecule has 11 heteroatoms. The Bertz CT molecular complexity index is 1450. The quantitative estimate of drug-likeness (QED) is 0.551.